The molecular formula is C27H35N9O3. The van der Waals surface area contributed by atoms with Crippen LogP contribution < -0.4 is 22.2 Å². The van der Waals surface area contributed by atoms with E-state index in [2.05, 4.69) is 42.5 Å². The average Bonchev–Trinajstić information content (AvgIpc) is 3.59. The van der Waals surface area contributed by atoms with E-state index in [1.165, 1.54) is 6.20 Å². The lowest BCUT2D eigenvalue weighted by Gasteiger charge is -2.20. The number of nitrogens with one attached hydrogen (secondary N) is 2. The molecule has 2 fully saturated rings. The molecule has 0 radical (unpaired) electrons. The van der Waals surface area contributed by atoms with Crippen LogP contribution in [-0.4, -0.2) is 77.0 Å². The molecule has 0 bridgehead atoms. The van der Waals surface area contributed by atoms with Crippen LogP contribution in [0.3, 0.4) is 0 Å². The van der Waals surface area contributed by atoms with E-state index in [0.717, 1.165) is 31.4 Å². The Balaban J connectivity index is 1.41. The van der Waals surface area contributed by atoms with Crippen LogP contribution in [0.2, 0.25) is 0 Å². The van der Waals surface area contributed by atoms with Crippen LogP contribution in [0, 0.1) is 6.92 Å². The quantitative estimate of drug-likeness (QED) is 0.214. The smallest absolute Gasteiger partial charge is 0.278 e. The number of carbonyl (C=O) groups is 2. The number of hydrogen-bond acceptors (Lipinski definition) is 10. The molecule has 206 valence electrons. The zero-order chi connectivity index (χ0) is 27.8. The van der Waals surface area contributed by atoms with Gasteiger partial charge in [0, 0.05) is 42.4 Å². The minimum Gasteiger partial charge on any atom is -0.404 e. The molecule has 6 N–H and O–H groups in total. The van der Waals surface area contributed by atoms with E-state index in [-0.39, 0.29) is 23.4 Å². The molecule has 2 amide bonds. The minimum atomic E-state index is -0.561. The predicted octanol–water partition coefficient (Wildman–Crippen LogP) is 1.67. The summed E-state index contributed by atoms with van der Waals surface area (Å²) in [4.78, 5) is 40.9. The maximum Gasteiger partial charge on any atom is 0.278 e. The van der Waals surface area contributed by atoms with Crippen molar-refractivity contribution in [2.45, 2.75) is 45.2 Å². The third-order valence-corrected chi connectivity index (χ3v) is 6.85. The predicted molar refractivity (Wildman–Crippen MR) is 151 cm³/mol. The Kier molecular flexibility index (Phi) is 9.34. The van der Waals surface area contributed by atoms with Crippen molar-refractivity contribution >= 4 is 40.7 Å². The van der Waals surface area contributed by atoms with E-state index in [9.17, 15) is 9.59 Å². The van der Waals surface area contributed by atoms with Crippen molar-refractivity contribution < 1.29 is 14.3 Å². The topological polar surface area (TPSA) is 173 Å². The summed E-state index contributed by atoms with van der Waals surface area (Å²) in [6, 6.07) is 5.56. The third kappa shape index (κ3) is 7.24. The van der Waals surface area contributed by atoms with Crippen molar-refractivity contribution in [3.05, 3.63) is 53.7 Å². The first-order valence-corrected chi connectivity index (χ1v) is 13.0. The van der Waals surface area contributed by atoms with Gasteiger partial charge in [0.25, 0.3) is 5.91 Å². The number of likely N-dealkylation sites (tertiary alicyclic amines) is 1. The van der Waals surface area contributed by atoms with E-state index >= 15 is 0 Å². The molecule has 1 unspecified atom stereocenters. The second kappa shape index (κ2) is 13.1. The Morgan fingerprint density at radius 2 is 2.08 bits per heavy atom. The second-order valence-electron chi connectivity index (χ2n) is 9.65. The summed E-state index contributed by atoms with van der Waals surface area (Å²) in [6.07, 6.45) is 9.34. The first-order chi connectivity index (χ1) is 18.9. The number of amides is 2. The number of aryl methyl sites for hydroxylation is 1. The van der Waals surface area contributed by atoms with E-state index in [0.29, 0.717) is 48.4 Å². The van der Waals surface area contributed by atoms with Crippen LogP contribution in [-0.2, 0) is 14.3 Å². The van der Waals surface area contributed by atoms with Gasteiger partial charge in [-0.15, -0.1) is 0 Å². The Morgan fingerprint density at radius 1 is 1.23 bits per heavy atom. The number of ether oxygens (including phenoxy) is 1. The van der Waals surface area contributed by atoms with Crippen molar-refractivity contribution in [2.75, 3.05) is 36.9 Å². The highest BCUT2D eigenvalue weighted by Crippen LogP contribution is 2.20. The molecule has 0 spiro atoms. The fraction of sp³-hybridized carbons (Fsp3) is 0.407. The zero-order valence-corrected chi connectivity index (χ0v) is 22.3. The van der Waals surface area contributed by atoms with E-state index < -0.39 is 5.91 Å². The van der Waals surface area contributed by atoms with Crippen LogP contribution in [0.5, 0.6) is 0 Å². The molecule has 12 heteroatoms. The summed E-state index contributed by atoms with van der Waals surface area (Å²) in [5.41, 5.74) is 8.91. The van der Waals surface area contributed by atoms with Gasteiger partial charge in [0.2, 0.25) is 5.91 Å². The fourth-order valence-electron chi connectivity index (χ4n) is 4.51. The van der Waals surface area contributed by atoms with Gasteiger partial charge in [-0.1, -0.05) is 6.07 Å². The first-order valence-electron chi connectivity index (χ1n) is 13.0. The molecule has 0 aliphatic carbocycles. The number of aliphatic imine (C=N–C) groups is 1. The minimum absolute atomic E-state index is 0.0616. The molecule has 12 nitrogen and oxygen atoms in total. The van der Waals surface area contributed by atoms with Crippen LogP contribution in [0.25, 0.3) is 5.57 Å². The Labute approximate surface area is 227 Å². The maximum atomic E-state index is 13.1. The van der Waals surface area contributed by atoms with Gasteiger partial charge < -0.3 is 26.9 Å². The van der Waals surface area contributed by atoms with Crippen molar-refractivity contribution in [3.63, 3.8) is 0 Å². The van der Waals surface area contributed by atoms with Crippen molar-refractivity contribution in [1.29, 1.82) is 0 Å². The molecular weight excluding hydrogens is 498 g/mol. The van der Waals surface area contributed by atoms with Crippen LogP contribution in [0.4, 0.5) is 11.4 Å². The molecule has 0 aromatic carbocycles. The SMILES string of the molecule is Cc1ncc(NC(=O)CN2CCC[C@H]2C)cc1NC(=O)C(=NN)c1ccc(C(C=NC2CCOC2)=CN)cn1. The van der Waals surface area contributed by atoms with Crippen LogP contribution in [0.1, 0.15) is 43.1 Å². The Hall–Kier alpha value is -4.16. The number of nitrogens with zero attached hydrogens (tertiary/aromatic N) is 5. The molecule has 2 aromatic heterocycles. The fourth-order valence-corrected chi connectivity index (χ4v) is 4.51. The van der Waals surface area contributed by atoms with E-state index in [1.54, 1.807) is 43.7 Å². The zero-order valence-electron chi connectivity index (χ0n) is 22.3. The van der Waals surface area contributed by atoms with Gasteiger partial charge in [-0.05, 0) is 51.8 Å². The molecule has 39 heavy (non-hydrogen) atoms. The lowest BCUT2D eigenvalue weighted by atomic mass is 10.1. The first kappa shape index (κ1) is 27.9. The summed E-state index contributed by atoms with van der Waals surface area (Å²) in [7, 11) is 0. The number of aromatic nitrogens is 2. The lowest BCUT2D eigenvalue weighted by Crippen LogP contribution is -2.35. The number of anilines is 2. The molecule has 2 atom stereocenters. The number of pyridine rings is 2. The molecule has 0 saturated carbocycles. The second-order valence-corrected chi connectivity index (χ2v) is 9.65. The van der Waals surface area contributed by atoms with E-state index in [4.69, 9.17) is 16.3 Å². The van der Waals surface area contributed by atoms with Crippen LogP contribution >= 0.6 is 0 Å². The van der Waals surface area contributed by atoms with Gasteiger partial charge in [0.1, 0.15) is 0 Å². The Morgan fingerprint density at radius 3 is 2.72 bits per heavy atom. The number of rotatable bonds is 9. The molecule has 4 heterocycles. The molecule has 2 aliphatic heterocycles. The van der Waals surface area contributed by atoms with Gasteiger partial charge in [-0.3, -0.25) is 29.4 Å². The third-order valence-electron chi connectivity index (χ3n) is 6.85. The highest BCUT2D eigenvalue weighted by atomic mass is 16.5. The molecule has 2 aromatic rings. The summed E-state index contributed by atoms with van der Waals surface area (Å²) >= 11 is 0. The van der Waals surface area contributed by atoms with Gasteiger partial charge >= 0.3 is 0 Å². The van der Waals surface area contributed by atoms with Crippen molar-refractivity contribution in [1.82, 2.24) is 14.9 Å². The highest BCUT2D eigenvalue weighted by Gasteiger charge is 2.23. The van der Waals surface area contributed by atoms with Crippen molar-refractivity contribution in [3.8, 4) is 0 Å². The summed E-state index contributed by atoms with van der Waals surface area (Å²) in [6.45, 7) is 6.39. The molecule has 2 saturated heterocycles. The monoisotopic (exact) mass is 533 g/mol. The maximum absolute atomic E-state index is 13.1. The average molecular weight is 534 g/mol. The standard InChI is InChI=1S/C27H35N9O3/c1-17-4-3-8-36(17)15-25(37)33-22-10-24(18(2)30-14-22)34-27(38)26(35-29)23-6-5-19(12-32-23)20(11-28)13-31-21-7-9-39-16-21/h5-6,10-14,17,21H,3-4,7-9,15-16,28-29H2,1-2H3,(H,33,37)(H,34,38)/t17-,21?/m1/s1. The largest absolute Gasteiger partial charge is 0.404 e. The summed E-state index contributed by atoms with van der Waals surface area (Å²) in [5.74, 6) is 4.88. The highest BCUT2D eigenvalue weighted by molar-refractivity contribution is 6.48. The van der Waals surface area contributed by atoms with Gasteiger partial charge in [-0.25, -0.2) is 0 Å². The summed E-state index contributed by atoms with van der Waals surface area (Å²) in [5, 5.41) is 9.31. The lowest BCUT2D eigenvalue weighted by molar-refractivity contribution is -0.117. The number of nitrogens with two attached hydrogens (primary N) is 2. The number of hydrazone groups is 1. The normalized spacial score (nSPS) is 20.5. The van der Waals surface area contributed by atoms with Gasteiger partial charge in [0.15, 0.2) is 5.71 Å². The Bertz CT molecular complexity index is 1270. The van der Waals surface area contributed by atoms with Gasteiger partial charge in [-0.2, -0.15) is 5.10 Å². The number of carbonyl (C=O) groups excluding carboxylic acids is 2. The number of hydrogen-bond donors (Lipinski definition) is 4. The van der Waals surface area contributed by atoms with E-state index in [1.807, 2.05) is 0 Å². The summed E-state index contributed by atoms with van der Waals surface area (Å²) < 4.78 is 5.34. The van der Waals surface area contributed by atoms with Gasteiger partial charge in [0.05, 0.1) is 48.2 Å². The molecule has 2 aliphatic rings. The van der Waals surface area contributed by atoms with Crippen molar-refractivity contribution in [2.24, 2.45) is 21.7 Å². The van der Waals surface area contributed by atoms with Crippen LogP contribution in [0.15, 0.2) is 46.9 Å². The number of allylic oxidation sites excluding steroid dienone is 1. The molecule has 4 rings (SSSR count).